The van der Waals surface area contributed by atoms with Crippen molar-refractivity contribution in [1.29, 1.82) is 0 Å². The Kier molecular flexibility index (Phi) is 3.62. The minimum atomic E-state index is -0.875. The first-order valence-electron chi connectivity index (χ1n) is 7.02. The van der Waals surface area contributed by atoms with Gasteiger partial charge in [0.25, 0.3) is 6.01 Å². The number of aromatic nitrogens is 1. The van der Waals surface area contributed by atoms with E-state index in [4.69, 9.17) is 4.42 Å². The first-order chi connectivity index (χ1) is 10.1. The van der Waals surface area contributed by atoms with Gasteiger partial charge in [-0.05, 0) is 31.0 Å². The lowest BCUT2D eigenvalue weighted by Crippen LogP contribution is -2.24. The lowest BCUT2D eigenvalue weighted by atomic mass is 9.93. The van der Waals surface area contributed by atoms with Gasteiger partial charge in [-0.1, -0.05) is 42.5 Å². The molecular weight excluding hydrogens is 264 g/mol. The summed E-state index contributed by atoms with van der Waals surface area (Å²) in [6, 6.07) is 17.8. The molecule has 4 nitrogen and oxygen atoms in total. The number of nitrogens with zero attached hydrogens (tertiary/aromatic N) is 1. The van der Waals surface area contributed by atoms with E-state index in [2.05, 4.69) is 10.3 Å². The quantitative estimate of drug-likeness (QED) is 0.751. The molecule has 0 aliphatic carbocycles. The summed E-state index contributed by atoms with van der Waals surface area (Å²) in [6.45, 7) is 2.39. The van der Waals surface area contributed by atoms with Gasteiger partial charge in [0.05, 0.1) is 5.60 Å². The Morgan fingerprint density at radius 1 is 1.10 bits per heavy atom. The monoisotopic (exact) mass is 282 g/mol. The maximum Gasteiger partial charge on any atom is 0.295 e. The summed E-state index contributed by atoms with van der Waals surface area (Å²) in [5.74, 6) is 0. The van der Waals surface area contributed by atoms with Crippen molar-refractivity contribution in [3.05, 3.63) is 60.2 Å². The van der Waals surface area contributed by atoms with Crippen molar-refractivity contribution < 1.29 is 9.52 Å². The van der Waals surface area contributed by atoms with Crippen molar-refractivity contribution >= 4 is 17.1 Å². The van der Waals surface area contributed by atoms with E-state index in [1.165, 1.54) is 0 Å². The summed E-state index contributed by atoms with van der Waals surface area (Å²) in [6.07, 6.45) is 0.565. The van der Waals surface area contributed by atoms with Crippen molar-refractivity contribution in [2.75, 3.05) is 11.9 Å². The maximum absolute atomic E-state index is 10.5. The fourth-order valence-electron chi connectivity index (χ4n) is 2.30. The molecule has 0 radical (unpaired) electrons. The van der Waals surface area contributed by atoms with Crippen LogP contribution in [0.25, 0.3) is 11.1 Å². The van der Waals surface area contributed by atoms with E-state index < -0.39 is 5.60 Å². The molecule has 1 heterocycles. The molecule has 0 saturated carbocycles. The minimum absolute atomic E-state index is 0.486. The van der Waals surface area contributed by atoms with Crippen LogP contribution in [-0.4, -0.2) is 16.6 Å². The van der Waals surface area contributed by atoms with Crippen LogP contribution in [0.2, 0.25) is 0 Å². The molecule has 2 N–H and O–H groups in total. The lowest BCUT2D eigenvalue weighted by molar-refractivity contribution is 0.0514. The van der Waals surface area contributed by atoms with E-state index in [1.807, 2.05) is 61.5 Å². The van der Waals surface area contributed by atoms with Crippen LogP contribution in [0.15, 0.2) is 59.0 Å². The van der Waals surface area contributed by atoms with E-state index in [0.29, 0.717) is 19.0 Å². The molecule has 0 aliphatic heterocycles. The van der Waals surface area contributed by atoms with Crippen LogP contribution in [-0.2, 0) is 5.60 Å². The Balaban J connectivity index is 1.63. The molecule has 1 atom stereocenters. The maximum atomic E-state index is 10.5. The second kappa shape index (κ2) is 5.58. The molecule has 4 heteroatoms. The number of rotatable bonds is 5. The minimum Gasteiger partial charge on any atom is -0.424 e. The van der Waals surface area contributed by atoms with Crippen molar-refractivity contribution in [1.82, 2.24) is 4.98 Å². The van der Waals surface area contributed by atoms with Crippen LogP contribution in [0, 0.1) is 0 Å². The van der Waals surface area contributed by atoms with E-state index in [1.54, 1.807) is 0 Å². The van der Waals surface area contributed by atoms with Gasteiger partial charge in [0, 0.05) is 6.54 Å². The molecule has 0 fully saturated rings. The number of hydrogen-bond donors (Lipinski definition) is 2. The average Bonchev–Trinajstić information content (AvgIpc) is 2.90. The van der Waals surface area contributed by atoms with Crippen LogP contribution >= 0.6 is 0 Å². The van der Waals surface area contributed by atoms with Crippen LogP contribution < -0.4 is 5.32 Å². The summed E-state index contributed by atoms with van der Waals surface area (Å²) >= 11 is 0. The van der Waals surface area contributed by atoms with Gasteiger partial charge in [-0.3, -0.25) is 0 Å². The van der Waals surface area contributed by atoms with Gasteiger partial charge in [-0.25, -0.2) is 0 Å². The molecule has 1 aromatic heterocycles. The molecule has 1 unspecified atom stereocenters. The highest BCUT2D eigenvalue weighted by molar-refractivity contribution is 5.74. The number of oxazole rings is 1. The van der Waals surface area contributed by atoms with Crippen molar-refractivity contribution in [3.63, 3.8) is 0 Å². The Labute approximate surface area is 123 Å². The molecule has 0 spiro atoms. The zero-order valence-corrected chi connectivity index (χ0v) is 11.9. The number of fused-ring (bicyclic) bond motifs is 1. The van der Waals surface area contributed by atoms with Gasteiger partial charge in [-0.2, -0.15) is 4.98 Å². The van der Waals surface area contributed by atoms with Crippen LogP contribution in [0.1, 0.15) is 18.9 Å². The normalized spacial score (nSPS) is 14.0. The number of aliphatic hydroxyl groups is 1. The van der Waals surface area contributed by atoms with Gasteiger partial charge < -0.3 is 14.8 Å². The standard InChI is InChI=1S/C17H18N2O2/c1-17(20,13-7-3-2-4-8-13)11-12-18-16-19-14-9-5-6-10-15(14)21-16/h2-10,20H,11-12H2,1H3,(H,18,19). The molecular formula is C17H18N2O2. The summed E-state index contributed by atoms with van der Waals surface area (Å²) < 4.78 is 5.58. The van der Waals surface area contributed by atoms with Gasteiger partial charge in [0.1, 0.15) is 5.52 Å². The highest BCUT2D eigenvalue weighted by Crippen LogP contribution is 2.24. The van der Waals surface area contributed by atoms with Crippen LogP contribution in [0.5, 0.6) is 0 Å². The molecule has 0 amide bonds. The fourth-order valence-corrected chi connectivity index (χ4v) is 2.30. The molecule has 0 bridgehead atoms. The zero-order valence-electron chi connectivity index (χ0n) is 11.9. The second-order valence-corrected chi connectivity index (χ2v) is 5.30. The third-order valence-corrected chi connectivity index (χ3v) is 3.58. The Morgan fingerprint density at radius 2 is 1.81 bits per heavy atom. The number of hydrogen-bond acceptors (Lipinski definition) is 4. The SMILES string of the molecule is CC(O)(CCNc1nc2ccccc2o1)c1ccccc1. The first-order valence-corrected chi connectivity index (χ1v) is 7.02. The summed E-state index contributed by atoms with van der Waals surface area (Å²) in [5, 5.41) is 13.6. The molecule has 21 heavy (non-hydrogen) atoms. The van der Waals surface area contributed by atoms with Crippen LogP contribution in [0.4, 0.5) is 6.01 Å². The fraction of sp³-hybridized carbons (Fsp3) is 0.235. The Hall–Kier alpha value is -2.33. The third kappa shape index (κ3) is 3.06. The highest BCUT2D eigenvalue weighted by atomic mass is 16.4. The van der Waals surface area contributed by atoms with Gasteiger partial charge in [0.2, 0.25) is 0 Å². The number of para-hydroxylation sites is 2. The largest absolute Gasteiger partial charge is 0.424 e. The summed E-state index contributed by atoms with van der Waals surface area (Å²) in [7, 11) is 0. The van der Waals surface area contributed by atoms with Crippen molar-refractivity contribution in [2.24, 2.45) is 0 Å². The van der Waals surface area contributed by atoms with Gasteiger partial charge in [-0.15, -0.1) is 0 Å². The van der Waals surface area contributed by atoms with Crippen molar-refractivity contribution in [2.45, 2.75) is 18.9 Å². The molecule has 2 aromatic carbocycles. The van der Waals surface area contributed by atoms with Gasteiger partial charge >= 0.3 is 0 Å². The molecule has 3 aromatic rings. The Bertz CT molecular complexity index is 687. The Morgan fingerprint density at radius 3 is 2.57 bits per heavy atom. The smallest absolute Gasteiger partial charge is 0.295 e. The van der Waals surface area contributed by atoms with Gasteiger partial charge in [0.15, 0.2) is 5.58 Å². The molecule has 0 saturated heterocycles. The lowest BCUT2D eigenvalue weighted by Gasteiger charge is -2.23. The van der Waals surface area contributed by atoms with Crippen LogP contribution in [0.3, 0.4) is 0 Å². The summed E-state index contributed by atoms with van der Waals surface area (Å²) in [5.41, 5.74) is 1.62. The van der Waals surface area contributed by atoms with E-state index in [0.717, 1.165) is 16.7 Å². The second-order valence-electron chi connectivity index (χ2n) is 5.30. The molecule has 108 valence electrons. The van der Waals surface area contributed by atoms with E-state index in [9.17, 15) is 5.11 Å². The topological polar surface area (TPSA) is 58.3 Å². The predicted octanol–water partition coefficient (Wildman–Crippen LogP) is 3.54. The van der Waals surface area contributed by atoms with E-state index >= 15 is 0 Å². The average molecular weight is 282 g/mol. The number of anilines is 1. The number of benzene rings is 2. The molecule has 3 rings (SSSR count). The highest BCUT2D eigenvalue weighted by Gasteiger charge is 2.22. The van der Waals surface area contributed by atoms with Crippen molar-refractivity contribution in [3.8, 4) is 0 Å². The zero-order chi connectivity index (χ0) is 14.7. The predicted molar refractivity (Wildman–Crippen MR) is 83.1 cm³/mol. The third-order valence-electron chi connectivity index (χ3n) is 3.58. The van der Waals surface area contributed by atoms with E-state index in [-0.39, 0.29) is 0 Å². The summed E-state index contributed by atoms with van der Waals surface area (Å²) in [4.78, 5) is 4.35. The number of nitrogens with one attached hydrogen (secondary N) is 1. The molecule has 0 aliphatic rings. The first kappa shape index (κ1) is 13.6.